The lowest BCUT2D eigenvalue weighted by molar-refractivity contribution is 0.00400. The van der Waals surface area contributed by atoms with Gasteiger partial charge in [-0.3, -0.25) is 4.79 Å². The number of hydrogen-bond acceptors (Lipinski definition) is 6. The SMILES string of the molecule is COc1cc(-c2ccc(C=O)cc2)nnc1OC1CCCOC1. The van der Waals surface area contributed by atoms with Gasteiger partial charge in [-0.1, -0.05) is 24.3 Å². The molecule has 2 heterocycles. The molecule has 6 heteroatoms. The second kappa shape index (κ2) is 7.19. The van der Waals surface area contributed by atoms with Gasteiger partial charge in [0.1, 0.15) is 12.4 Å². The molecule has 120 valence electrons. The number of benzene rings is 1. The summed E-state index contributed by atoms with van der Waals surface area (Å²) >= 11 is 0. The Hall–Kier alpha value is -2.47. The number of rotatable bonds is 5. The number of aromatic nitrogens is 2. The summed E-state index contributed by atoms with van der Waals surface area (Å²) in [7, 11) is 1.57. The average Bonchev–Trinajstić information content (AvgIpc) is 2.63. The number of hydrogen-bond donors (Lipinski definition) is 0. The smallest absolute Gasteiger partial charge is 0.276 e. The molecular formula is C17H18N2O4. The third kappa shape index (κ3) is 3.65. The van der Waals surface area contributed by atoms with E-state index in [0.29, 0.717) is 29.5 Å². The van der Waals surface area contributed by atoms with E-state index in [0.717, 1.165) is 31.3 Å². The van der Waals surface area contributed by atoms with Gasteiger partial charge >= 0.3 is 0 Å². The Balaban J connectivity index is 1.81. The molecule has 1 aliphatic rings. The second-order valence-electron chi connectivity index (χ2n) is 5.30. The molecule has 1 aromatic heterocycles. The number of nitrogens with zero attached hydrogens (tertiary/aromatic N) is 2. The molecule has 0 amide bonds. The van der Waals surface area contributed by atoms with Crippen LogP contribution in [0.15, 0.2) is 30.3 Å². The van der Waals surface area contributed by atoms with Gasteiger partial charge in [-0.25, -0.2) is 0 Å². The largest absolute Gasteiger partial charge is 0.491 e. The molecule has 1 aliphatic heterocycles. The van der Waals surface area contributed by atoms with Crippen molar-refractivity contribution in [1.29, 1.82) is 0 Å². The average molecular weight is 314 g/mol. The van der Waals surface area contributed by atoms with Crippen molar-refractivity contribution in [1.82, 2.24) is 10.2 Å². The van der Waals surface area contributed by atoms with Gasteiger partial charge in [-0.05, 0) is 12.8 Å². The Labute approximate surface area is 134 Å². The first-order valence-electron chi connectivity index (χ1n) is 7.52. The number of carbonyl (C=O) groups excluding carboxylic acids is 1. The highest BCUT2D eigenvalue weighted by Gasteiger charge is 2.19. The Kier molecular flexibility index (Phi) is 4.83. The molecule has 3 rings (SSSR count). The van der Waals surface area contributed by atoms with Crippen molar-refractivity contribution >= 4 is 6.29 Å². The van der Waals surface area contributed by atoms with Crippen LogP contribution in [0.1, 0.15) is 23.2 Å². The van der Waals surface area contributed by atoms with Crippen LogP contribution in [-0.4, -0.2) is 42.9 Å². The summed E-state index contributed by atoms with van der Waals surface area (Å²) in [5, 5.41) is 8.33. The van der Waals surface area contributed by atoms with E-state index in [1.54, 1.807) is 25.3 Å². The fourth-order valence-electron chi connectivity index (χ4n) is 2.43. The zero-order valence-corrected chi connectivity index (χ0v) is 12.9. The monoisotopic (exact) mass is 314 g/mol. The van der Waals surface area contributed by atoms with E-state index < -0.39 is 0 Å². The second-order valence-corrected chi connectivity index (χ2v) is 5.30. The normalized spacial score (nSPS) is 17.5. The summed E-state index contributed by atoms with van der Waals surface area (Å²) < 4.78 is 16.6. The Morgan fingerprint density at radius 3 is 2.74 bits per heavy atom. The molecule has 0 bridgehead atoms. The summed E-state index contributed by atoms with van der Waals surface area (Å²) in [4.78, 5) is 10.7. The maximum Gasteiger partial charge on any atom is 0.276 e. The molecule has 2 aromatic rings. The van der Waals surface area contributed by atoms with Crippen molar-refractivity contribution in [3.05, 3.63) is 35.9 Å². The van der Waals surface area contributed by atoms with Crippen molar-refractivity contribution in [2.75, 3.05) is 20.3 Å². The topological polar surface area (TPSA) is 70.5 Å². The van der Waals surface area contributed by atoms with Gasteiger partial charge in [-0.15, -0.1) is 10.2 Å². The Morgan fingerprint density at radius 1 is 1.26 bits per heavy atom. The van der Waals surface area contributed by atoms with Gasteiger partial charge in [-0.2, -0.15) is 0 Å². The molecule has 1 saturated heterocycles. The minimum absolute atomic E-state index is 0.0234. The molecular weight excluding hydrogens is 296 g/mol. The first-order valence-corrected chi connectivity index (χ1v) is 7.52. The highest BCUT2D eigenvalue weighted by atomic mass is 16.6. The van der Waals surface area contributed by atoms with Crippen LogP contribution in [0.3, 0.4) is 0 Å². The predicted octanol–water partition coefficient (Wildman–Crippen LogP) is 2.52. The van der Waals surface area contributed by atoms with Gasteiger partial charge in [0.15, 0.2) is 5.75 Å². The molecule has 0 saturated carbocycles. The van der Waals surface area contributed by atoms with Crippen molar-refractivity contribution < 1.29 is 19.0 Å². The van der Waals surface area contributed by atoms with Gasteiger partial charge in [0, 0.05) is 23.8 Å². The van der Waals surface area contributed by atoms with E-state index >= 15 is 0 Å². The minimum atomic E-state index is -0.0234. The first kappa shape index (κ1) is 15.4. The van der Waals surface area contributed by atoms with E-state index in [1.165, 1.54) is 0 Å². The minimum Gasteiger partial charge on any atom is -0.491 e. The van der Waals surface area contributed by atoms with Gasteiger partial charge in [0.25, 0.3) is 5.88 Å². The molecule has 1 unspecified atom stereocenters. The Morgan fingerprint density at radius 2 is 2.09 bits per heavy atom. The van der Waals surface area contributed by atoms with Gasteiger partial charge in [0.2, 0.25) is 0 Å². The van der Waals surface area contributed by atoms with Gasteiger partial charge in [0.05, 0.1) is 19.4 Å². The maximum absolute atomic E-state index is 10.7. The third-order valence-electron chi connectivity index (χ3n) is 3.69. The number of methoxy groups -OCH3 is 1. The first-order chi connectivity index (χ1) is 11.3. The molecule has 0 spiro atoms. The van der Waals surface area contributed by atoms with E-state index in [9.17, 15) is 4.79 Å². The Bertz CT molecular complexity index is 667. The lowest BCUT2D eigenvalue weighted by Crippen LogP contribution is -2.28. The van der Waals surface area contributed by atoms with Crippen LogP contribution < -0.4 is 9.47 Å². The van der Waals surface area contributed by atoms with E-state index in [1.807, 2.05) is 12.1 Å². The fraction of sp³-hybridized carbons (Fsp3) is 0.353. The summed E-state index contributed by atoms with van der Waals surface area (Å²) in [5.41, 5.74) is 2.13. The summed E-state index contributed by atoms with van der Waals surface area (Å²) in [6, 6.07) is 8.90. The van der Waals surface area contributed by atoms with Crippen molar-refractivity contribution in [3.8, 4) is 22.9 Å². The molecule has 0 aliphatic carbocycles. The molecule has 0 N–H and O–H groups in total. The highest BCUT2D eigenvalue weighted by Crippen LogP contribution is 2.29. The van der Waals surface area contributed by atoms with Crippen molar-refractivity contribution in [2.45, 2.75) is 18.9 Å². The maximum atomic E-state index is 10.7. The summed E-state index contributed by atoms with van der Waals surface area (Å²) in [6.45, 7) is 1.33. The van der Waals surface area contributed by atoms with Crippen LogP contribution in [0.2, 0.25) is 0 Å². The lowest BCUT2D eigenvalue weighted by Gasteiger charge is -2.23. The van der Waals surface area contributed by atoms with Crippen LogP contribution in [0.25, 0.3) is 11.3 Å². The zero-order chi connectivity index (χ0) is 16.1. The van der Waals surface area contributed by atoms with Crippen molar-refractivity contribution in [2.24, 2.45) is 0 Å². The highest BCUT2D eigenvalue weighted by molar-refractivity contribution is 5.76. The molecule has 0 radical (unpaired) electrons. The molecule has 1 fully saturated rings. The summed E-state index contributed by atoms with van der Waals surface area (Å²) in [5.74, 6) is 0.899. The lowest BCUT2D eigenvalue weighted by atomic mass is 10.1. The molecule has 1 aromatic carbocycles. The van der Waals surface area contributed by atoms with Crippen LogP contribution >= 0.6 is 0 Å². The fourth-order valence-corrected chi connectivity index (χ4v) is 2.43. The molecule has 23 heavy (non-hydrogen) atoms. The quantitative estimate of drug-likeness (QED) is 0.790. The van der Waals surface area contributed by atoms with E-state index in [2.05, 4.69) is 10.2 Å². The standard InChI is InChI=1S/C17H18N2O4/c1-21-16-9-15(13-6-4-12(10-20)5-7-13)18-19-17(16)23-14-3-2-8-22-11-14/h4-7,9-10,14H,2-3,8,11H2,1H3. The predicted molar refractivity (Wildman–Crippen MR) is 83.9 cm³/mol. The molecule has 1 atom stereocenters. The van der Waals surface area contributed by atoms with Crippen molar-refractivity contribution in [3.63, 3.8) is 0 Å². The number of carbonyl (C=O) groups is 1. The van der Waals surface area contributed by atoms with E-state index in [-0.39, 0.29) is 6.10 Å². The number of ether oxygens (including phenoxy) is 3. The van der Waals surface area contributed by atoms with Crippen LogP contribution in [0.5, 0.6) is 11.6 Å². The van der Waals surface area contributed by atoms with Crippen LogP contribution in [-0.2, 0) is 4.74 Å². The zero-order valence-electron chi connectivity index (χ0n) is 12.9. The summed E-state index contributed by atoms with van der Waals surface area (Å²) in [6.07, 6.45) is 2.69. The van der Waals surface area contributed by atoms with Crippen LogP contribution in [0.4, 0.5) is 0 Å². The number of aldehydes is 1. The van der Waals surface area contributed by atoms with Gasteiger partial charge < -0.3 is 14.2 Å². The van der Waals surface area contributed by atoms with Crippen LogP contribution in [0, 0.1) is 0 Å². The molecule has 6 nitrogen and oxygen atoms in total. The van der Waals surface area contributed by atoms with E-state index in [4.69, 9.17) is 14.2 Å². The third-order valence-corrected chi connectivity index (χ3v) is 3.69.